The van der Waals surface area contributed by atoms with Crippen LogP contribution in [0, 0.1) is 16.7 Å². The zero-order valence-corrected chi connectivity index (χ0v) is 10.0. The molecule has 0 spiro atoms. The molecule has 0 heterocycles. The van der Waals surface area contributed by atoms with Crippen molar-refractivity contribution < 1.29 is 19.1 Å². The van der Waals surface area contributed by atoms with Crippen LogP contribution in [0.15, 0.2) is 0 Å². The average molecular weight is 231 g/mol. The Morgan fingerprint density at radius 2 is 1.75 bits per heavy atom. The fourth-order valence-electron chi connectivity index (χ4n) is 2.27. The van der Waals surface area contributed by atoms with E-state index in [2.05, 4.69) is 5.32 Å². The second kappa shape index (κ2) is 3.71. The lowest BCUT2D eigenvalue weighted by atomic mass is 10.0. The largest absolute Gasteiger partial charge is 0.480 e. The molecule has 1 atom stereocenters. The number of carboxylic acids is 1. The van der Waals surface area contributed by atoms with Gasteiger partial charge in [-0.05, 0) is 10.8 Å². The minimum atomic E-state index is -1.43. The smallest absolute Gasteiger partial charge is 0.328 e. The topological polar surface area (TPSA) is 66.4 Å². The van der Waals surface area contributed by atoms with E-state index in [9.17, 15) is 14.0 Å². The zero-order valence-electron chi connectivity index (χ0n) is 10.0. The lowest BCUT2D eigenvalue weighted by Crippen LogP contribution is -2.43. The molecule has 4 nitrogen and oxygen atoms in total. The first-order valence-electron chi connectivity index (χ1n) is 5.25. The second-order valence-corrected chi connectivity index (χ2v) is 5.43. The molecule has 5 heteroatoms. The molecule has 0 bridgehead atoms. The third-order valence-corrected chi connectivity index (χ3v) is 4.05. The molecule has 0 saturated heterocycles. The van der Waals surface area contributed by atoms with Crippen molar-refractivity contribution in [1.29, 1.82) is 0 Å². The molecule has 0 aliphatic heterocycles. The molecular formula is C11H18FNO3. The molecule has 1 aliphatic rings. The molecule has 1 rings (SSSR count). The van der Waals surface area contributed by atoms with Crippen molar-refractivity contribution in [1.82, 2.24) is 5.32 Å². The summed E-state index contributed by atoms with van der Waals surface area (Å²) in [5.41, 5.74) is -0.340. The minimum absolute atomic E-state index is 0.170. The number of amides is 1. The summed E-state index contributed by atoms with van der Waals surface area (Å²) in [7, 11) is 0. The third-order valence-electron chi connectivity index (χ3n) is 4.05. The Bertz CT molecular complexity index is 311. The quantitative estimate of drug-likeness (QED) is 0.764. The van der Waals surface area contributed by atoms with Crippen molar-refractivity contribution >= 4 is 11.9 Å². The van der Waals surface area contributed by atoms with Crippen molar-refractivity contribution in [3.05, 3.63) is 0 Å². The van der Waals surface area contributed by atoms with Gasteiger partial charge >= 0.3 is 5.97 Å². The molecule has 1 amide bonds. The first-order valence-corrected chi connectivity index (χ1v) is 5.25. The van der Waals surface area contributed by atoms with Crippen LogP contribution in [0.4, 0.5) is 4.39 Å². The SMILES string of the molecule is CC1(C)C(C(=O)NC(CF)C(=O)O)C1(C)C. The van der Waals surface area contributed by atoms with Gasteiger partial charge in [0.2, 0.25) is 5.91 Å². The normalized spacial score (nSPS) is 23.6. The molecule has 1 fully saturated rings. The number of alkyl halides is 1. The number of carbonyl (C=O) groups is 2. The Kier molecular flexibility index (Phi) is 3.00. The first-order chi connectivity index (χ1) is 7.16. The monoisotopic (exact) mass is 231 g/mol. The van der Waals surface area contributed by atoms with Gasteiger partial charge in [-0.15, -0.1) is 0 Å². The van der Waals surface area contributed by atoms with E-state index < -0.39 is 18.7 Å². The fourth-order valence-corrected chi connectivity index (χ4v) is 2.27. The predicted octanol–water partition coefficient (Wildman–Crippen LogP) is 1.21. The van der Waals surface area contributed by atoms with E-state index in [4.69, 9.17) is 5.11 Å². The molecule has 1 saturated carbocycles. The summed E-state index contributed by atoms with van der Waals surface area (Å²) in [5.74, 6) is -1.97. The van der Waals surface area contributed by atoms with Gasteiger partial charge in [0.25, 0.3) is 0 Å². The standard InChI is InChI=1S/C11H18FNO3/c1-10(2)7(11(10,3)4)8(14)13-6(5-12)9(15)16/h6-7H,5H2,1-4H3,(H,13,14)(H,15,16). The number of aliphatic carboxylic acids is 1. The summed E-state index contributed by atoms with van der Waals surface area (Å²) >= 11 is 0. The van der Waals surface area contributed by atoms with Crippen LogP contribution in [0.5, 0.6) is 0 Å². The molecule has 16 heavy (non-hydrogen) atoms. The van der Waals surface area contributed by atoms with E-state index >= 15 is 0 Å². The van der Waals surface area contributed by atoms with Crippen molar-refractivity contribution in [3.8, 4) is 0 Å². The summed E-state index contributed by atoms with van der Waals surface area (Å²) in [6.45, 7) is 6.70. The fraction of sp³-hybridized carbons (Fsp3) is 0.818. The maximum Gasteiger partial charge on any atom is 0.328 e. The number of halogens is 1. The third kappa shape index (κ3) is 1.79. The predicted molar refractivity (Wildman–Crippen MR) is 56.6 cm³/mol. The van der Waals surface area contributed by atoms with Gasteiger partial charge < -0.3 is 10.4 Å². The molecular weight excluding hydrogens is 213 g/mol. The Morgan fingerprint density at radius 1 is 1.31 bits per heavy atom. The van der Waals surface area contributed by atoms with E-state index in [0.717, 1.165) is 0 Å². The van der Waals surface area contributed by atoms with Crippen LogP contribution in [0.25, 0.3) is 0 Å². The summed E-state index contributed by atoms with van der Waals surface area (Å²) in [5, 5.41) is 10.9. The van der Waals surface area contributed by atoms with Gasteiger partial charge in [0, 0.05) is 5.92 Å². The summed E-state index contributed by atoms with van der Waals surface area (Å²) < 4.78 is 12.3. The van der Waals surface area contributed by atoms with Gasteiger partial charge in [-0.25, -0.2) is 9.18 Å². The van der Waals surface area contributed by atoms with Gasteiger partial charge in [-0.1, -0.05) is 27.7 Å². The van der Waals surface area contributed by atoms with E-state index in [1.54, 1.807) is 0 Å². The van der Waals surface area contributed by atoms with Crippen LogP contribution in [-0.4, -0.2) is 29.7 Å². The zero-order chi connectivity index (χ0) is 12.7. The second-order valence-electron chi connectivity index (χ2n) is 5.43. The highest BCUT2D eigenvalue weighted by atomic mass is 19.1. The van der Waals surface area contributed by atoms with Gasteiger partial charge in [-0.2, -0.15) is 0 Å². The van der Waals surface area contributed by atoms with E-state index in [1.165, 1.54) is 0 Å². The number of carbonyl (C=O) groups excluding carboxylic acids is 1. The van der Waals surface area contributed by atoms with Gasteiger partial charge in [0.05, 0.1) is 0 Å². The minimum Gasteiger partial charge on any atom is -0.480 e. The summed E-state index contributed by atoms with van der Waals surface area (Å²) in [6, 6.07) is -1.43. The molecule has 92 valence electrons. The van der Waals surface area contributed by atoms with Crippen LogP contribution in [0.3, 0.4) is 0 Å². The number of carboxylic acid groups (broad SMARTS) is 1. The average Bonchev–Trinajstić information content (AvgIpc) is 2.52. The molecule has 1 unspecified atom stereocenters. The first kappa shape index (κ1) is 12.9. The van der Waals surface area contributed by atoms with Crippen molar-refractivity contribution in [2.75, 3.05) is 6.67 Å². The van der Waals surface area contributed by atoms with Crippen LogP contribution in [-0.2, 0) is 9.59 Å². The van der Waals surface area contributed by atoms with Gasteiger partial charge in [-0.3, -0.25) is 4.79 Å². The van der Waals surface area contributed by atoms with Crippen LogP contribution in [0.2, 0.25) is 0 Å². The van der Waals surface area contributed by atoms with Gasteiger partial charge in [0.1, 0.15) is 6.67 Å². The van der Waals surface area contributed by atoms with Crippen molar-refractivity contribution in [2.45, 2.75) is 33.7 Å². The van der Waals surface area contributed by atoms with E-state index in [0.29, 0.717) is 0 Å². The molecule has 0 aromatic rings. The molecule has 1 aliphatic carbocycles. The summed E-state index contributed by atoms with van der Waals surface area (Å²) in [6.07, 6.45) is 0. The lowest BCUT2D eigenvalue weighted by molar-refractivity contribution is -0.142. The number of nitrogens with one attached hydrogen (secondary N) is 1. The number of rotatable bonds is 4. The van der Waals surface area contributed by atoms with E-state index in [-0.39, 0.29) is 22.7 Å². The lowest BCUT2D eigenvalue weighted by Gasteiger charge is -2.11. The molecule has 0 aromatic heterocycles. The van der Waals surface area contributed by atoms with Crippen molar-refractivity contribution in [3.63, 3.8) is 0 Å². The number of hydrogen-bond donors (Lipinski definition) is 2. The Balaban J connectivity index is 2.66. The molecule has 0 radical (unpaired) electrons. The van der Waals surface area contributed by atoms with E-state index in [1.807, 2.05) is 27.7 Å². The van der Waals surface area contributed by atoms with Crippen LogP contribution >= 0.6 is 0 Å². The van der Waals surface area contributed by atoms with Gasteiger partial charge in [0.15, 0.2) is 6.04 Å². The maximum absolute atomic E-state index is 12.3. The highest BCUT2D eigenvalue weighted by molar-refractivity contribution is 5.88. The molecule has 0 aromatic carbocycles. The molecule has 2 N–H and O–H groups in total. The highest BCUT2D eigenvalue weighted by Gasteiger charge is 2.68. The Labute approximate surface area is 94.2 Å². The maximum atomic E-state index is 12.3. The number of hydrogen-bond acceptors (Lipinski definition) is 2. The van der Waals surface area contributed by atoms with Crippen LogP contribution in [0.1, 0.15) is 27.7 Å². The van der Waals surface area contributed by atoms with Crippen molar-refractivity contribution in [2.24, 2.45) is 16.7 Å². The highest BCUT2D eigenvalue weighted by Crippen LogP contribution is 2.68. The van der Waals surface area contributed by atoms with Crippen LogP contribution < -0.4 is 5.32 Å². The Morgan fingerprint density at radius 3 is 2.00 bits per heavy atom. The summed E-state index contributed by atoms with van der Waals surface area (Å²) in [4.78, 5) is 22.3. The Hall–Kier alpha value is -1.13.